The van der Waals surface area contributed by atoms with Crippen LogP contribution in [-0.2, 0) is 13.6 Å². The van der Waals surface area contributed by atoms with Crippen molar-refractivity contribution >= 4 is 0 Å². The second-order valence-electron chi connectivity index (χ2n) is 3.36. The van der Waals surface area contributed by atoms with Crippen molar-refractivity contribution in [1.29, 1.82) is 0 Å². The summed E-state index contributed by atoms with van der Waals surface area (Å²) in [4.78, 5) is 0. The molecule has 0 bridgehead atoms. The van der Waals surface area contributed by atoms with Gasteiger partial charge in [-0.2, -0.15) is 5.10 Å². The molecule has 0 aliphatic rings. The van der Waals surface area contributed by atoms with Crippen molar-refractivity contribution in [3.05, 3.63) is 17.5 Å². The Morgan fingerprint density at radius 3 is 2.57 bits per heavy atom. The molecule has 0 atom stereocenters. The normalized spacial score (nSPS) is 11.2. The van der Waals surface area contributed by atoms with Crippen LogP contribution in [0.1, 0.15) is 11.3 Å². The van der Waals surface area contributed by atoms with Crippen molar-refractivity contribution in [1.82, 2.24) is 15.1 Å². The van der Waals surface area contributed by atoms with E-state index < -0.39 is 0 Å². The van der Waals surface area contributed by atoms with Gasteiger partial charge in [-0.15, -0.1) is 0 Å². The molecule has 0 saturated carbocycles. The summed E-state index contributed by atoms with van der Waals surface area (Å²) in [5.74, 6) is 0. The Hall–Kier alpha value is -0.910. The molecule has 0 unspecified atom stereocenters. The lowest BCUT2D eigenvalue weighted by Gasteiger charge is -2.12. The summed E-state index contributed by atoms with van der Waals surface area (Å²) in [7, 11) is 1.87. The number of hydrogen-bond donors (Lipinski definition) is 3. The molecular weight excluding hydrogens is 182 g/mol. The Labute approximate surface area is 83.4 Å². The van der Waals surface area contributed by atoms with E-state index in [9.17, 15) is 0 Å². The highest BCUT2D eigenvalue weighted by Gasteiger charge is 2.07. The molecule has 1 heterocycles. The first-order chi connectivity index (χ1) is 6.67. The molecule has 1 rings (SSSR count). The molecule has 0 fully saturated rings. The Morgan fingerprint density at radius 1 is 1.50 bits per heavy atom. The molecule has 80 valence electrons. The average molecular weight is 199 g/mol. The van der Waals surface area contributed by atoms with Crippen molar-refractivity contribution in [2.24, 2.45) is 7.05 Å². The van der Waals surface area contributed by atoms with E-state index >= 15 is 0 Å². The van der Waals surface area contributed by atoms with Crippen molar-refractivity contribution in [3.8, 4) is 0 Å². The van der Waals surface area contributed by atoms with Gasteiger partial charge in [0.15, 0.2) is 0 Å². The van der Waals surface area contributed by atoms with Gasteiger partial charge in [0.05, 0.1) is 24.9 Å². The molecule has 0 spiro atoms. The third-order valence-electron chi connectivity index (χ3n) is 2.14. The van der Waals surface area contributed by atoms with E-state index in [1.165, 1.54) is 0 Å². The monoisotopic (exact) mass is 199 g/mol. The SMILES string of the molecule is Cc1nn(C)cc1CNC(CO)CO. The van der Waals surface area contributed by atoms with E-state index in [-0.39, 0.29) is 19.3 Å². The van der Waals surface area contributed by atoms with Crippen LogP contribution < -0.4 is 5.32 Å². The topological polar surface area (TPSA) is 70.3 Å². The molecule has 0 radical (unpaired) electrons. The van der Waals surface area contributed by atoms with Crippen LogP contribution in [0, 0.1) is 6.92 Å². The largest absolute Gasteiger partial charge is 0.395 e. The van der Waals surface area contributed by atoms with E-state index in [0.29, 0.717) is 6.54 Å². The number of aliphatic hydroxyl groups is 2. The predicted molar refractivity (Wildman–Crippen MR) is 52.7 cm³/mol. The number of aryl methyl sites for hydroxylation is 2. The van der Waals surface area contributed by atoms with Crippen molar-refractivity contribution in [2.45, 2.75) is 19.5 Å². The Bertz CT molecular complexity index is 282. The third-order valence-corrected chi connectivity index (χ3v) is 2.14. The summed E-state index contributed by atoms with van der Waals surface area (Å²) in [5.41, 5.74) is 2.05. The second-order valence-corrected chi connectivity index (χ2v) is 3.36. The van der Waals surface area contributed by atoms with Gasteiger partial charge in [0, 0.05) is 25.4 Å². The highest BCUT2D eigenvalue weighted by atomic mass is 16.3. The average Bonchev–Trinajstić information content (AvgIpc) is 2.47. The first-order valence-electron chi connectivity index (χ1n) is 4.61. The minimum atomic E-state index is -0.255. The molecule has 0 aromatic carbocycles. The lowest BCUT2D eigenvalue weighted by molar-refractivity contribution is 0.170. The molecule has 0 aliphatic carbocycles. The van der Waals surface area contributed by atoms with Crippen LogP contribution in [0.5, 0.6) is 0 Å². The minimum Gasteiger partial charge on any atom is -0.395 e. The smallest absolute Gasteiger partial charge is 0.0638 e. The van der Waals surface area contributed by atoms with Crippen LogP contribution in [0.15, 0.2) is 6.20 Å². The summed E-state index contributed by atoms with van der Waals surface area (Å²) in [5, 5.41) is 24.9. The van der Waals surface area contributed by atoms with Gasteiger partial charge in [0.25, 0.3) is 0 Å². The van der Waals surface area contributed by atoms with Crippen LogP contribution in [-0.4, -0.2) is 39.2 Å². The molecule has 0 amide bonds. The Balaban J connectivity index is 2.48. The van der Waals surface area contributed by atoms with Crippen molar-refractivity contribution in [3.63, 3.8) is 0 Å². The van der Waals surface area contributed by atoms with Gasteiger partial charge < -0.3 is 15.5 Å². The molecule has 3 N–H and O–H groups in total. The fourth-order valence-corrected chi connectivity index (χ4v) is 1.26. The van der Waals surface area contributed by atoms with E-state index in [1.54, 1.807) is 4.68 Å². The fourth-order valence-electron chi connectivity index (χ4n) is 1.26. The van der Waals surface area contributed by atoms with E-state index in [1.807, 2.05) is 20.2 Å². The van der Waals surface area contributed by atoms with Crippen molar-refractivity contribution < 1.29 is 10.2 Å². The number of rotatable bonds is 5. The molecule has 5 heteroatoms. The maximum absolute atomic E-state index is 8.84. The first kappa shape index (κ1) is 11.2. The number of aliphatic hydroxyl groups excluding tert-OH is 2. The van der Waals surface area contributed by atoms with Gasteiger partial charge in [0.1, 0.15) is 0 Å². The summed E-state index contributed by atoms with van der Waals surface area (Å²) in [6, 6.07) is -0.255. The second kappa shape index (κ2) is 5.09. The first-order valence-corrected chi connectivity index (χ1v) is 4.61. The predicted octanol–water partition coefficient (Wildman–Crippen LogP) is -0.829. The van der Waals surface area contributed by atoms with Crippen LogP contribution in [0.3, 0.4) is 0 Å². The van der Waals surface area contributed by atoms with E-state index in [2.05, 4.69) is 10.4 Å². The highest BCUT2D eigenvalue weighted by molar-refractivity contribution is 5.14. The van der Waals surface area contributed by atoms with Crippen LogP contribution in [0.2, 0.25) is 0 Å². The summed E-state index contributed by atoms with van der Waals surface area (Å²) >= 11 is 0. The Kier molecular flexibility index (Phi) is 4.06. The molecule has 0 saturated heterocycles. The molecule has 1 aromatic rings. The van der Waals surface area contributed by atoms with Gasteiger partial charge in [-0.3, -0.25) is 4.68 Å². The zero-order valence-corrected chi connectivity index (χ0v) is 8.56. The summed E-state index contributed by atoms with van der Waals surface area (Å²) in [6.07, 6.45) is 1.92. The quantitative estimate of drug-likeness (QED) is 0.579. The number of aromatic nitrogens is 2. The zero-order valence-electron chi connectivity index (χ0n) is 8.56. The van der Waals surface area contributed by atoms with Gasteiger partial charge in [-0.05, 0) is 6.92 Å². The zero-order chi connectivity index (χ0) is 10.6. The molecular formula is C9H17N3O2. The van der Waals surface area contributed by atoms with E-state index in [4.69, 9.17) is 10.2 Å². The van der Waals surface area contributed by atoms with Gasteiger partial charge in [-0.25, -0.2) is 0 Å². The van der Waals surface area contributed by atoms with Gasteiger partial charge in [0.2, 0.25) is 0 Å². The van der Waals surface area contributed by atoms with Crippen LogP contribution in [0.25, 0.3) is 0 Å². The third kappa shape index (κ3) is 2.80. The number of hydrogen-bond acceptors (Lipinski definition) is 4. The lowest BCUT2D eigenvalue weighted by Crippen LogP contribution is -2.35. The molecule has 1 aromatic heterocycles. The van der Waals surface area contributed by atoms with Crippen molar-refractivity contribution in [2.75, 3.05) is 13.2 Å². The Morgan fingerprint density at radius 2 is 2.14 bits per heavy atom. The molecule has 14 heavy (non-hydrogen) atoms. The molecule has 0 aliphatic heterocycles. The van der Waals surface area contributed by atoms with Gasteiger partial charge in [-0.1, -0.05) is 0 Å². The highest BCUT2D eigenvalue weighted by Crippen LogP contribution is 2.03. The van der Waals surface area contributed by atoms with Crippen LogP contribution >= 0.6 is 0 Å². The summed E-state index contributed by atoms with van der Waals surface area (Å²) < 4.78 is 1.75. The van der Waals surface area contributed by atoms with Gasteiger partial charge >= 0.3 is 0 Å². The summed E-state index contributed by atoms with van der Waals surface area (Å²) in [6.45, 7) is 2.43. The van der Waals surface area contributed by atoms with E-state index in [0.717, 1.165) is 11.3 Å². The maximum Gasteiger partial charge on any atom is 0.0638 e. The number of nitrogens with zero attached hydrogens (tertiary/aromatic N) is 2. The maximum atomic E-state index is 8.84. The minimum absolute atomic E-state index is 0.0597. The standard InChI is InChI=1S/C9H17N3O2/c1-7-8(4-12(2)11-7)3-10-9(5-13)6-14/h4,9-10,13-14H,3,5-6H2,1-2H3. The van der Waals surface area contributed by atoms with Crippen LogP contribution in [0.4, 0.5) is 0 Å². The molecule has 5 nitrogen and oxygen atoms in total. The fraction of sp³-hybridized carbons (Fsp3) is 0.667. The number of nitrogens with one attached hydrogen (secondary N) is 1. The lowest BCUT2D eigenvalue weighted by atomic mass is 10.2.